The third kappa shape index (κ3) is 5.27. The molecule has 0 radical (unpaired) electrons. The smallest absolute Gasteiger partial charge is 0.119 e. The lowest BCUT2D eigenvalue weighted by atomic mass is 10.2. The van der Waals surface area contributed by atoms with Crippen molar-refractivity contribution in [2.45, 2.75) is 25.7 Å². The molecule has 15 heavy (non-hydrogen) atoms. The van der Waals surface area contributed by atoms with E-state index in [1.807, 2.05) is 24.3 Å². The number of nitrogens with two attached hydrogens (primary N) is 2. The van der Waals surface area contributed by atoms with Gasteiger partial charge in [-0.1, -0.05) is 12.8 Å². The van der Waals surface area contributed by atoms with Crippen molar-refractivity contribution < 1.29 is 4.74 Å². The zero-order valence-corrected chi connectivity index (χ0v) is 9.11. The molecular weight excluding hydrogens is 188 g/mol. The molecule has 0 aliphatic rings. The van der Waals surface area contributed by atoms with E-state index >= 15 is 0 Å². The monoisotopic (exact) mass is 208 g/mol. The van der Waals surface area contributed by atoms with Gasteiger partial charge in [-0.2, -0.15) is 0 Å². The summed E-state index contributed by atoms with van der Waals surface area (Å²) in [6.45, 7) is 1.56. The fraction of sp³-hybridized carbons (Fsp3) is 0.500. The summed E-state index contributed by atoms with van der Waals surface area (Å²) in [5, 5.41) is 0. The first kappa shape index (κ1) is 11.9. The highest BCUT2D eigenvalue weighted by Crippen LogP contribution is 2.13. The lowest BCUT2D eigenvalue weighted by molar-refractivity contribution is 0.305. The molecule has 84 valence electrons. The van der Waals surface area contributed by atoms with E-state index in [0.29, 0.717) is 0 Å². The van der Waals surface area contributed by atoms with Crippen LogP contribution in [0.15, 0.2) is 24.3 Å². The number of benzene rings is 1. The van der Waals surface area contributed by atoms with Crippen LogP contribution in [0.2, 0.25) is 0 Å². The van der Waals surface area contributed by atoms with Gasteiger partial charge in [0.05, 0.1) is 6.61 Å². The third-order valence-corrected chi connectivity index (χ3v) is 2.25. The zero-order valence-electron chi connectivity index (χ0n) is 9.11. The molecule has 0 unspecified atom stereocenters. The Labute approximate surface area is 91.4 Å². The van der Waals surface area contributed by atoms with E-state index in [1.54, 1.807) is 0 Å². The second-order valence-electron chi connectivity index (χ2n) is 3.62. The Morgan fingerprint density at radius 3 is 2.27 bits per heavy atom. The van der Waals surface area contributed by atoms with Crippen molar-refractivity contribution in [2.24, 2.45) is 5.73 Å². The maximum atomic E-state index is 5.57. The summed E-state index contributed by atoms with van der Waals surface area (Å²) in [6, 6.07) is 7.50. The highest BCUT2D eigenvalue weighted by atomic mass is 16.5. The molecule has 3 nitrogen and oxygen atoms in total. The number of hydrogen-bond donors (Lipinski definition) is 2. The lowest BCUT2D eigenvalue weighted by Crippen LogP contribution is -2.00. The SMILES string of the molecule is NCCCCCCOc1ccc(N)cc1. The van der Waals surface area contributed by atoms with Crippen LogP contribution in [0.5, 0.6) is 5.75 Å². The van der Waals surface area contributed by atoms with E-state index < -0.39 is 0 Å². The van der Waals surface area contributed by atoms with E-state index in [9.17, 15) is 0 Å². The molecule has 0 saturated heterocycles. The summed E-state index contributed by atoms with van der Waals surface area (Å²) in [5.74, 6) is 0.892. The predicted molar refractivity (Wildman–Crippen MR) is 63.9 cm³/mol. The summed E-state index contributed by atoms with van der Waals surface area (Å²) >= 11 is 0. The molecule has 1 aromatic rings. The normalized spacial score (nSPS) is 10.2. The Hall–Kier alpha value is -1.22. The standard InChI is InChI=1S/C12H20N2O/c13-9-3-1-2-4-10-15-12-7-5-11(14)6-8-12/h5-8H,1-4,9-10,13-14H2. The molecule has 0 heterocycles. The second-order valence-corrected chi connectivity index (χ2v) is 3.62. The number of unbranched alkanes of at least 4 members (excludes halogenated alkanes) is 3. The van der Waals surface area contributed by atoms with Crippen molar-refractivity contribution in [3.8, 4) is 5.75 Å². The van der Waals surface area contributed by atoms with Crippen molar-refractivity contribution in [3.63, 3.8) is 0 Å². The topological polar surface area (TPSA) is 61.3 Å². The molecule has 0 atom stereocenters. The molecule has 1 aromatic carbocycles. The Bertz CT molecular complexity index is 259. The number of rotatable bonds is 7. The van der Waals surface area contributed by atoms with Gasteiger partial charge in [-0.3, -0.25) is 0 Å². The highest BCUT2D eigenvalue weighted by molar-refractivity contribution is 5.41. The number of anilines is 1. The summed E-state index contributed by atoms with van der Waals surface area (Å²) in [4.78, 5) is 0. The van der Waals surface area contributed by atoms with Crippen LogP contribution < -0.4 is 16.2 Å². The predicted octanol–water partition coefficient (Wildman–Crippen LogP) is 2.17. The third-order valence-electron chi connectivity index (χ3n) is 2.25. The lowest BCUT2D eigenvalue weighted by Gasteiger charge is -2.05. The van der Waals surface area contributed by atoms with Crippen molar-refractivity contribution in [1.82, 2.24) is 0 Å². The average Bonchev–Trinajstić information content (AvgIpc) is 2.26. The first-order chi connectivity index (χ1) is 7.33. The van der Waals surface area contributed by atoms with Crippen molar-refractivity contribution in [3.05, 3.63) is 24.3 Å². The van der Waals surface area contributed by atoms with E-state index in [-0.39, 0.29) is 0 Å². The van der Waals surface area contributed by atoms with Crippen molar-refractivity contribution in [1.29, 1.82) is 0 Å². The Kier molecular flexibility index (Phi) is 5.63. The second kappa shape index (κ2) is 7.12. The van der Waals surface area contributed by atoms with Crippen LogP contribution in [0.1, 0.15) is 25.7 Å². The molecule has 0 saturated carbocycles. The molecule has 0 aliphatic carbocycles. The molecule has 4 N–H and O–H groups in total. The number of nitrogen functional groups attached to an aromatic ring is 1. The van der Waals surface area contributed by atoms with Gasteiger partial charge in [-0.15, -0.1) is 0 Å². The van der Waals surface area contributed by atoms with Gasteiger partial charge in [-0.05, 0) is 43.7 Å². The van der Waals surface area contributed by atoms with Crippen LogP contribution in [-0.2, 0) is 0 Å². The maximum absolute atomic E-state index is 5.57. The number of hydrogen-bond acceptors (Lipinski definition) is 3. The molecule has 0 spiro atoms. The summed E-state index contributed by atoms with van der Waals surface area (Å²) in [6.07, 6.45) is 4.58. The van der Waals surface area contributed by atoms with Crippen molar-refractivity contribution >= 4 is 5.69 Å². The van der Waals surface area contributed by atoms with Crippen LogP contribution in [-0.4, -0.2) is 13.2 Å². The van der Waals surface area contributed by atoms with Gasteiger partial charge in [0.1, 0.15) is 5.75 Å². The van der Waals surface area contributed by atoms with Gasteiger partial charge >= 0.3 is 0 Å². The minimum Gasteiger partial charge on any atom is -0.494 e. The van der Waals surface area contributed by atoms with Crippen LogP contribution in [0.25, 0.3) is 0 Å². The van der Waals surface area contributed by atoms with Gasteiger partial charge < -0.3 is 16.2 Å². The van der Waals surface area contributed by atoms with Gasteiger partial charge in [-0.25, -0.2) is 0 Å². The maximum Gasteiger partial charge on any atom is 0.119 e. The van der Waals surface area contributed by atoms with Crippen LogP contribution in [0.4, 0.5) is 5.69 Å². The molecule has 0 amide bonds. The van der Waals surface area contributed by atoms with Crippen LogP contribution in [0, 0.1) is 0 Å². The Balaban J connectivity index is 2.07. The van der Waals surface area contributed by atoms with Gasteiger partial charge in [0.25, 0.3) is 0 Å². The minimum absolute atomic E-state index is 0.769. The molecule has 0 aliphatic heterocycles. The van der Waals surface area contributed by atoms with E-state index in [4.69, 9.17) is 16.2 Å². The van der Waals surface area contributed by atoms with Crippen LogP contribution in [0.3, 0.4) is 0 Å². The fourth-order valence-electron chi connectivity index (χ4n) is 1.35. The average molecular weight is 208 g/mol. The fourth-order valence-corrected chi connectivity index (χ4v) is 1.35. The molecule has 3 heteroatoms. The van der Waals surface area contributed by atoms with Crippen molar-refractivity contribution in [2.75, 3.05) is 18.9 Å². The quantitative estimate of drug-likeness (QED) is 0.533. The summed E-state index contributed by atoms with van der Waals surface area (Å²) in [7, 11) is 0. The summed E-state index contributed by atoms with van der Waals surface area (Å²) in [5.41, 5.74) is 11.7. The Morgan fingerprint density at radius 1 is 0.933 bits per heavy atom. The minimum atomic E-state index is 0.769. The Morgan fingerprint density at radius 2 is 1.60 bits per heavy atom. The van der Waals surface area contributed by atoms with Gasteiger partial charge in [0, 0.05) is 5.69 Å². The van der Waals surface area contributed by atoms with Gasteiger partial charge in [0.15, 0.2) is 0 Å². The van der Waals surface area contributed by atoms with E-state index in [0.717, 1.165) is 37.4 Å². The largest absolute Gasteiger partial charge is 0.494 e. The first-order valence-corrected chi connectivity index (χ1v) is 5.51. The molecule has 1 rings (SSSR count). The highest BCUT2D eigenvalue weighted by Gasteiger charge is 1.93. The molecule has 0 aromatic heterocycles. The first-order valence-electron chi connectivity index (χ1n) is 5.51. The molecule has 0 fully saturated rings. The molecule has 0 bridgehead atoms. The molecular formula is C12H20N2O. The van der Waals surface area contributed by atoms with E-state index in [1.165, 1.54) is 12.8 Å². The summed E-state index contributed by atoms with van der Waals surface area (Å²) < 4.78 is 5.55. The van der Waals surface area contributed by atoms with Gasteiger partial charge in [0.2, 0.25) is 0 Å². The number of ether oxygens (including phenoxy) is 1. The van der Waals surface area contributed by atoms with Crippen LogP contribution >= 0.6 is 0 Å². The van der Waals surface area contributed by atoms with E-state index in [2.05, 4.69) is 0 Å². The zero-order chi connectivity index (χ0) is 10.9.